The van der Waals surface area contributed by atoms with Gasteiger partial charge in [0.15, 0.2) is 0 Å². The number of carbonyl (C=O) groups excluding carboxylic acids is 1. The zero-order chi connectivity index (χ0) is 10.9. The summed E-state index contributed by atoms with van der Waals surface area (Å²) >= 11 is 0. The highest BCUT2D eigenvalue weighted by atomic mass is 16.4. The molecule has 0 N–H and O–H groups in total. The van der Waals surface area contributed by atoms with Crippen molar-refractivity contribution < 1.29 is 9.90 Å². The summed E-state index contributed by atoms with van der Waals surface area (Å²) in [4.78, 5) is 10.5. The lowest BCUT2D eigenvalue weighted by Crippen LogP contribution is -2.04. The molecule has 0 amide bonds. The molecule has 0 fully saturated rings. The number of rotatable bonds is 2. The minimum Gasteiger partial charge on any atom is -0.247 e. The Bertz CT molecular complexity index is 378. The second-order valence-electron chi connectivity index (χ2n) is 3.78. The van der Waals surface area contributed by atoms with Crippen LogP contribution in [0.1, 0.15) is 27.8 Å². The molecule has 0 unspecified atom stereocenters. The molecule has 1 aromatic carbocycles. The fraction of sp³-hybridized carbons (Fsp3) is 0.417. The van der Waals surface area contributed by atoms with Gasteiger partial charge in [0.1, 0.15) is 0 Å². The third-order valence-corrected chi connectivity index (χ3v) is 2.92. The Kier molecular flexibility index (Phi) is 2.94. The van der Waals surface area contributed by atoms with Crippen LogP contribution in [0.2, 0.25) is 0 Å². The molecule has 14 heavy (non-hydrogen) atoms. The molecule has 0 aliphatic heterocycles. The lowest BCUT2D eigenvalue weighted by atomic mass is 9.93. The Morgan fingerprint density at radius 3 is 2.14 bits per heavy atom. The smallest absolute Gasteiger partial charge is 0.247 e. The first kappa shape index (κ1) is 10.8. The molecule has 1 aromatic rings. The van der Waals surface area contributed by atoms with Crippen molar-refractivity contribution in [2.45, 2.75) is 34.1 Å². The topological polar surface area (TPSA) is 37.0 Å². The van der Waals surface area contributed by atoms with Crippen LogP contribution < -0.4 is 0 Å². The first-order valence-electron chi connectivity index (χ1n) is 4.69. The average Bonchev–Trinajstić information content (AvgIpc) is 2.10. The number of aryl methyl sites for hydroxylation is 1. The van der Waals surface area contributed by atoms with Crippen molar-refractivity contribution in [1.82, 2.24) is 0 Å². The van der Waals surface area contributed by atoms with Gasteiger partial charge >= 0.3 is 5.97 Å². The van der Waals surface area contributed by atoms with Gasteiger partial charge in [-0.2, -0.15) is 0 Å². The van der Waals surface area contributed by atoms with Crippen LogP contribution in [0.3, 0.4) is 0 Å². The summed E-state index contributed by atoms with van der Waals surface area (Å²) < 4.78 is 0. The van der Waals surface area contributed by atoms with E-state index in [1.165, 1.54) is 11.1 Å². The van der Waals surface area contributed by atoms with Gasteiger partial charge in [-0.25, -0.2) is 9.90 Å². The summed E-state index contributed by atoms with van der Waals surface area (Å²) in [6, 6.07) is 1.94. The SMILES string of the molecule is Cc1cc(CC([O])=O)c(C)c(C)c1C. The maximum atomic E-state index is 10.5. The van der Waals surface area contributed by atoms with E-state index in [0.29, 0.717) is 0 Å². The highest BCUT2D eigenvalue weighted by Gasteiger charge is 2.10. The summed E-state index contributed by atoms with van der Waals surface area (Å²) in [6.45, 7) is 8.04. The summed E-state index contributed by atoms with van der Waals surface area (Å²) in [5.41, 5.74) is 5.50. The van der Waals surface area contributed by atoms with Crippen molar-refractivity contribution in [3.63, 3.8) is 0 Å². The molecule has 0 saturated carbocycles. The maximum Gasteiger partial charge on any atom is 0.359 e. The van der Waals surface area contributed by atoms with Gasteiger partial charge in [-0.15, -0.1) is 0 Å². The van der Waals surface area contributed by atoms with E-state index < -0.39 is 5.97 Å². The third-order valence-electron chi connectivity index (χ3n) is 2.92. The highest BCUT2D eigenvalue weighted by molar-refractivity contribution is 5.71. The average molecular weight is 191 g/mol. The summed E-state index contributed by atoms with van der Waals surface area (Å²) in [5.74, 6) is -1.02. The molecule has 0 aliphatic carbocycles. The monoisotopic (exact) mass is 191 g/mol. The van der Waals surface area contributed by atoms with Crippen molar-refractivity contribution >= 4 is 5.97 Å². The number of hydrogen-bond donors (Lipinski definition) is 0. The Labute approximate surface area is 84.6 Å². The molecule has 2 nitrogen and oxygen atoms in total. The Hall–Kier alpha value is -1.31. The molecule has 1 radical (unpaired) electrons. The predicted molar refractivity (Wildman–Crippen MR) is 54.8 cm³/mol. The normalized spacial score (nSPS) is 10.3. The quantitative estimate of drug-likeness (QED) is 0.707. The lowest BCUT2D eigenvalue weighted by molar-refractivity contribution is -0.142. The van der Waals surface area contributed by atoms with Crippen molar-refractivity contribution in [2.75, 3.05) is 0 Å². The number of benzene rings is 1. The summed E-state index contributed by atoms with van der Waals surface area (Å²) in [5, 5.41) is 10.5. The van der Waals surface area contributed by atoms with Gasteiger partial charge in [-0.3, -0.25) is 0 Å². The van der Waals surface area contributed by atoms with E-state index in [1.54, 1.807) is 0 Å². The molecular weight excluding hydrogens is 176 g/mol. The van der Waals surface area contributed by atoms with E-state index in [-0.39, 0.29) is 6.42 Å². The van der Waals surface area contributed by atoms with Crippen LogP contribution in [-0.4, -0.2) is 5.97 Å². The van der Waals surface area contributed by atoms with Crippen molar-refractivity contribution in [2.24, 2.45) is 0 Å². The van der Waals surface area contributed by atoms with E-state index in [0.717, 1.165) is 16.7 Å². The maximum absolute atomic E-state index is 10.5. The summed E-state index contributed by atoms with van der Waals surface area (Å²) in [6.07, 6.45) is 0.00773. The fourth-order valence-electron chi connectivity index (χ4n) is 1.63. The highest BCUT2D eigenvalue weighted by Crippen LogP contribution is 2.21. The molecule has 2 heteroatoms. The van der Waals surface area contributed by atoms with Crippen LogP contribution in [0.25, 0.3) is 0 Å². The van der Waals surface area contributed by atoms with Crippen LogP contribution >= 0.6 is 0 Å². The molecule has 0 aliphatic rings. The molecule has 0 atom stereocenters. The number of hydrogen-bond acceptors (Lipinski definition) is 1. The van der Waals surface area contributed by atoms with Gasteiger partial charge in [0.05, 0.1) is 6.42 Å². The van der Waals surface area contributed by atoms with E-state index >= 15 is 0 Å². The Morgan fingerprint density at radius 2 is 1.64 bits per heavy atom. The van der Waals surface area contributed by atoms with E-state index in [4.69, 9.17) is 0 Å². The van der Waals surface area contributed by atoms with Gasteiger partial charge in [0.2, 0.25) is 0 Å². The molecule has 0 spiro atoms. The van der Waals surface area contributed by atoms with Crippen LogP contribution in [0, 0.1) is 27.7 Å². The predicted octanol–water partition coefficient (Wildman–Crippen LogP) is 2.42. The van der Waals surface area contributed by atoms with Crippen molar-refractivity contribution in [3.05, 3.63) is 33.9 Å². The van der Waals surface area contributed by atoms with Gasteiger partial charge in [0.25, 0.3) is 0 Å². The van der Waals surface area contributed by atoms with Crippen LogP contribution in [-0.2, 0) is 16.3 Å². The van der Waals surface area contributed by atoms with Gasteiger partial charge in [0, 0.05) is 0 Å². The molecule has 0 aromatic heterocycles. The van der Waals surface area contributed by atoms with Gasteiger partial charge in [-0.05, 0) is 55.5 Å². The Morgan fingerprint density at radius 1 is 1.07 bits per heavy atom. The molecule has 1 rings (SSSR count). The Balaban J connectivity index is 3.25. The van der Waals surface area contributed by atoms with Crippen molar-refractivity contribution in [1.29, 1.82) is 0 Å². The van der Waals surface area contributed by atoms with Crippen LogP contribution in [0.15, 0.2) is 6.07 Å². The van der Waals surface area contributed by atoms with Gasteiger partial charge in [-0.1, -0.05) is 6.07 Å². The number of carbonyl (C=O) groups is 1. The first-order chi connectivity index (χ1) is 6.43. The zero-order valence-electron chi connectivity index (χ0n) is 9.10. The van der Waals surface area contributed by atoms with E-state index in [1.807, 2.05) is 26.8 Å². The minimum absolute atomic E-state index is 0.00773. The standard InChI is InChI=1S/C12H15O2/c1-7-5-11(6-12(13)14)10(4)9(3)8(7)2/h5H,6H2,1-4H3. The van der Waals surface area contributed by atoms with E-state index in [9.17, 15) is 9.90 Å². The van der Waals surface area contributed by atoms with Crippen LogP contribution in [0.5, 0.6) is 0 Å². The van der Waals surface area contributed by atoms with E-state index in [2.05, 4.69) is 6.92 Å². The molecule has 0 heterocycles. The lowest BCUT2D eigenvalue weighted by Gasteiger charge is -2.12. The first-order valence-corrected chi connectivity index (χ1v) is 4.69. The molecule has 75 valence electrons. The molecular formula is C12H15O2. The second-order valence-corrected chi connectivity index (χ2v) is 3.78. The third kappa shape index (κ3) is 1.95. The zero-order valence-corrected chi connectivity index (χ0v) is 9.10. The fourth-order valence-corrected chi connectivity index (χ4v) is 1.63. The largest absolute Gasteiger partial charge is 0.359 e. The van der Waals surface area contributed by atoms with Gasteiger partial charge < -0.3 is 0 Å². The molecule has 0 saturated heterocycles. The van der Waals surface area contributed by atoms with Crippen molar-refractivity contribution in [3.8, 4) is 0 Å². The second kappa shape index (κ2) is 3.82. The minimum atomic E-state index is -1.02. The van der Waals surface area contributed by atoms with Crippen LogP contribution in [0.4, 0.5) is 0 Å². The molecule has 0 bridgehead atoms. The summed E-state index contributed by atoms with van der Waals surface area (Å²) in [7, 11) is 0.